The SMILES string of the molecule is CCC1CN(CCC(CN)CC(C)C)CCN1C. The topological polar surface area (TPSA) is 32.5 Å². The number of piperazine rings is 1. The summed E-state index contributed by atoms with van der Waals surface area (Å²) in [6.07, 6.45) is 3.82. The van der Waals surface area contributed by atoms with E-state index in [-0.39, 0.29) is 0 Å². The molecule has 3 heteroatoms. The van der Waals surface area contributed by atoms with Crippen LogP contribution in [0.2, 0.25) is 0 Å². The van der Waals surface area contributed by atoms with Crippen LogP contribution in [0, 0.1) is 11.8 Å². The van der Waals surface area contributed by atoms with Crippen LogP contribution in [0.15, 0.2) is 0 Å². The first-order valence-corrected chi connectivity index (χ1v) is 7.69. The fraction of sp³-hybridized carbons (Fsp3) is 1.00. The third-order valence-corrected chi connectivity index (χ3v) is 4.32. The summed E-state index contributed by atoms with van der Waals surface area (Å²) in [5.74, 6) is 1.49. The van der Waals surface area contributed by atoms with Gasteiger partial charge in [-0.1, -0.05) is 20.8 Å². The van der Waals surface area contributed by atoms with Crippen LogP contribution in [0.5, 0.6) is 0 Å². The van der Waals surface area contributed by atoms with Crippen molar-refractivity contribution in [2.45, 2.75) is 46.1 Å². The standard InChI is InChI=1S/C15H33N3/c1-5-15-12-18(9-8-17(15)4)7-6-14(11-16)10-13(2)3/h13-15H,5-12,16H2,1-4H3. The highest BCUT2D eigenvalue weighted by Gasteiger charge is 2.23. The molecule has 2 N–H and O–H groups in total. The van der Waals surface area contributed by atoms with Crippen LogP contribution in [0.25, 0.3) is 0 Å². The molecule has 1 aliphatic heterocycles. The number of likely N-dealkylation sites (N-methyl/N-ethyl adjacent to an activating group) is 1. The van der Waals surface area contributed by atoms with Crippen molar-refractivity contribution in [2.24, 2.45) is 17.6 Å². The zero-order valence-electron chi connectivity index (χ0n) is 12.9. The Kier molecular flexibility index (Phi) is 7.20. The van der Waals surface area contributed by atoms with Crippen molar-refractivity contribution >= 4 is 0 Å². The Labute approximate surface area is 114 Å². The summed E-state index contributed by atoms with van der Waals surface area (Å²) in [7, 11) is 2.26. The molecule has 1 heterocycles. The lowest BCUT2D eigenvalue weighted by Crippen LogP contribution is -2.51. The maximum atomic E-state index is 5.89. The van der Waals surface area contributed by atoms with Gasteiger partial charge in [0, 0.05) is 25.7 Å². The highest BCUT2D eigenvalue weighted by Crippen LogP contribution is 2.17. The summed E-state index contributed by atoms with van der Waals surface area (Å²) in [6, 6.07) is 0.750. The van der Waals surface area contributed by atoms with Crippen molar-refractivity contribution in [3.63, 3.8) is 0 Å². The summed E-state index contributed by atoms with van der Waals surface area (Å²) in [5.41, 5.74) is 5.89. The lowest BCUT2D eigenvalue weighted by molar-refractivity contribution is 0.0883. The van der Waals surface area contributed by atoms with Gasteiger partial charge < -0.3 is 15.5 Å². The number of hydrogen-bond acceptors (Lipinski definition) is 3. The molecular weight excluding hydrogens is 222 g/mol. The van der Waals surface area contributed by atoms with Gasteiger partial charge in [0.1, 0.15) is 0 Å². The molecule has 1 fully saturated rings. The Balaban J connectivity index is 2.29. The van der Waals surface area contributed by atoms with Gasteiger partial charge in [-0.2, -0.15) is 0 Å². The molecule has 0 aromatic heterocycles. The molecular formula is C15H33N3. The van der Waals surface area contributed by atoms with E-state index in [9.17, 15) is 0 Å². The quantitative estimate of drug-likeness (QED) is 0.755. The molecule has 0 aromatic carbocycles. The first-order valence-electron chi connectivity index (χ1n) is 7.69. The molecule has 3 nitrogen and oxygen atoms in total. The molecule has 2 unspecified atom stereocenters. The average molecular weight is 255 g/mol. The van der Waals surface area contributed by atoms with Gasteiger partial charge in [-0.3, -0.25) is 0 Å². The monoisotopic (exact) mass is 255 g/mol. The Morgan fingerprint density at radius 1 is 1.28 bits per heavy atom. The van der Waals surface area contributed by atoms with Crippen LogP contribution >= 0.6 is 0 Å². The molecule has 0 radical (unpaired) electrons. The van der Waals surface area contributed by atoms with Crippen LogP contribution in [-0.2, 0) is 0 Å². The molecule has 1 aliphatic rings. The van der Waals surface area contributed by atoms with Crippen molar-refractivity contribution in [1.29, 1.82) is 0 Å². The van der Waals surface area contributed by atoms with Gasteiger partial charge in [-0.15, -0.1) is 0 Å². The third-order valence-electron chi connectivity index (χ3n) is 4.32. The first-order chi connectivity index (χ1) is 8.56. The van der Waals surface area contributed by atoms with Crippen molar-refractivity contribution in [3.8, 4) is 0 Å². The maximum absolute atomic E-state index is 5.89. The van der Waals surface area contributed by atoms with Crippen LogP contribution in [0.4, 0.5) is 0 Å². The lowest BCUT2D eigenvalue weighted by Gasteiger charge is -2.39. The second kappa shape index (κ2) is 8.13. The minimum absolute atomic E-state index is 0.713. The van der Waals surface area contributed by atoms with E-state index >= 15 is 0 Å². The van der Waals surface area contributed by atoms with Gasteiger partial charge in [0.2, 0.25) is 0 Å². The predicted octanol–water partition coefficient (Wildman–Crippen LogP) is 2.02. The zero-order valence-corrected chi connectivity index (χ0v) is 12.9. The largest absolute Gasteiger partial charge is 0.330 e. The number of hydrogen-bond donors (Lipinski definition) is 1. The average Bonchev–Trinajstić information content (AvgIpc) is 2.35. The van der Waals surface area contributed by atoms with E-state index in [1.165, 1.54) is 45.4 Å². The van der Waals surface area contributed by atoms with Crippen LogP contribution in [0.1, 0.15) is 40.0 Å². The highest BCUT2D eigenvalue weighted by atomic mass is 15.3. The summed E-state index contributed by atoms with van der Waals surface area (Å²) in [5, 5.41) is 0. The molecule has 1 saturated heterocycles. The van der Waals surface area contributed by atoms with Gasteiger partial charge in [0.05, 0.1) is 0 Å². The van der Waals surface area contributed by atoms with Crippen LogP contribution in [-0.4, -0.2) is 55.6 Å². The van der Waals surface area contributed by atoms with Crippen molar-refractivity contribution in [3.05, 3.63) is 0 Å². The molecule has 0 amide bonds. The smallest absolute Gasteiger partial charge is 0.0218 e. The second-order valence-corrected chi connectivity index (χ2v) is 6.36. The molecule has 0 bridgehead atoms. The molecule has 0 saturated carbocycles. The van der Waals surface area contributed by atoms with E-state index in [0.717, 1.165) is 18.5 Å². The number of rotatable bonds is 7. The maximum Gasteiger partial charge on any atom is 0.0218 e. The van der Waals surface area contributed by atoms with Gasteiger partial charge in [0.15, 0.2) is 0 Å². The van der Waals surface area contributed by atoms with Gasteiger partial charge >= 0.3 is 0 Å². The predicted molar refractivity (Wildman–Crippen MR) is 79.8 cm³/mol. The van der Waals surface area contributed by atoms with Crippen molar-refractivity contribution < 1.29 is 0 Å². The Hall–Kier alpha value is -0.120. The van der Waals surface area contributed by atoms with Crippen LogP contribution < -0.4 is 5.73 Å². The van der Waals surface area contributed by atoms with Crippen molar-refractivity contribution in [1.82, 2.24) is 9.80 Å². The minimum Gasteiger partial charge on any atom is -0.330 e. The van der Waals surface area contributed by atoms with E-state index < -0.39 is 0 Å². The molecule has 2 atom stereocenters. The first kappa shape index (κ1) is 15.9. The van der Waals surface area contributed by atoms with Crippen molar-refractivity contribution in [2.75, 3.05) is 39.8 Å². The lowest BCUT2D eigenvalue weighted by atomic mass is 9.94. The normalized spacial score (nSPS) is 24.7. The van der Waals surface area contributed by atoms with Gasteiger partial charge in [-0.25, -0.2) is 0 Å². The highest BCUT2D eigenvalue weighted by molar-refractivity contribution is 4.79. The Morgan fingerprint density at radius 2 is 2.00 bits per heavy atom. The molecule has 1 rings (SSSR count). The number of nitrogens with two attached hydrogens (primary N) is 1. The van der Waals surface area contributed by atoms with Crippen LogP contribution in [0.3, 0.4) is 0 Å². The van der Waals surface area contributed by atoms with E-state index in [2.05, 4.69) is 37.6 Å². The fourth-order valence-electron chi connectivity index (χ4n) is 3.02. The van der Waals surface area contributed by atoms with E-state index in [4.69, 9.17) is 5.73 Å². The molecule has 18 heavy (non-hydrogen) atoms. The third kappa shape index (κ3) is 5.25. The minimum atomic E-state index is 0.713. The summed E-state index contributed by atoms with van der Waals surface area (Å²) < 4.78 is 0. The molecule has 0 aromatic rings. The summed E-state index contributed by atoms with van der Waals surface area (Å²) in [4.78, 5) is 5.14. The molecule has 0 aliphatic carbocycles. The Bertz CT molecular complexity index is 218. The van der Waals surface area contributed by atoms with E-state index in [0.29, 0.717) is 5.92 Å². The van der Waals surface area contributed by atoms with Gasteiger partial charge in [-0.05, 0) is 51.2 Å². The zero-order chi connectivity index (χ0) is 13.5. The molecule has 108 valence electrons. The van der Waals surface area contributed by atoms with E-state index in [1.807, 2.05) is 0 Å². The summed E-state index contributed by atoms with van der Waals surface area (Å²) >= 11 is 0. The summed E-state index contributed by atoms with van der Waals surface area (Å²) in [6.45, 7) is 12.7. The number of nitrogens with zero attached hydrogens (tertiary/aromatic N) is 2. The van der Waals surface area contributed by atoms with Gasteiger partial charge in [0.25, 0.3) is 0 Å². The van der Waals surface area contributed by atoms with E-state index in [1.54, 1.807) is 0 Å². The fourth-order valence-corrected chi connectivity index (χ4v) is 3.02. The Morgan fingerprint density at radius 3 is 2.56 bits per heavy atom. The second-order valence-electron chi connectivity index (χ2n) is 6.36. The molecule has 0 spiro atoms.